The van der Waals surface area contributed by atoms with E-state index < -0.39 is 58.6 Å². The standard InChI is InChI=1S/C39H62N6O7/c1-37(2,3)27(22-44-28(46)19-38(4,5)20-29(44)47)43-36(52)42-26-16-14-12-10-8-9-11-13-15-25(32(48)34(50)40-23-17-18-23)41-33(49)31-30-24(39(30,6)7)21-45(31)35(26)51/h23-27,30-31H,8-22H2,1-7H3,(H,40,50)(H,41,49)(H2,42,43,52)/t24-,25-,26+,27+,30-,31-/m0/s1. The number of carbonyl (C=O) groups excluding carboxylic acids is 7. The Labute approximate surface area is 308 Å². The van der Waals surface area contributed by atoms with Crippen molar-refractivity contribution in [3.8, 4) is 0 Å². The van der Waals surface area contributed by atoms with Crippen LogP contribution < -0.4 is 21.3 Å². The molecule has 5 fully saturated rings. The zero-order chi connectivity index (χ0) is 38.2. The van der Waals surface area contributed by atoms with Crippen molar-refractivity contribution in [2.75, 3.05) is 13.1 Å². The Morgan fingerprint density at radius 3 is 1.98 bits per heavy atom. The summed E-state index contributed by atoms with van der Waals surface area (Å²) >= 11 is 0. The van der Waals surface area contributed by atoms with Crippen molar-refractivity contribution >= 4 is 41.4 Å². The Morgan fingerprint density at radius 1 is 0.827 bits per heavy atom. The van der Waals surface area contributed by atoms with Crippen LogP contribution in [0, 0.1) is 28.1 Å². The highest BCUT2D eigenvalue weighted by atomic mass is 16.2. The lowest BCUT2D eigenvalue weighted by Gasteiger charge is -2.40. The second-order valence-electron chi connectivity index (χ2n) is 18.6. The summed E-state index contributed by atoms with van der Waals surface area (Å²) in [5.41, 5.74) is -1.12. The van der Waals surface area contributed by atoms with E-state index in [0.29, 0.717) is 32.2 Å². The molecule has 0 aromatic heterocycles. The smallest absolute Gasteiger partial charge is 0.315 e. The molecule has 52 heavy (non-hydrogen) atoms. The molecule has 2 aliphatic carbocycles. The van der Waals surface area contributed by atoms with Gasteiger partial charge in [0.15, 0.2) is 0 Å². The first kappa shape index (κ1) is 39.7. The molecule has 4 N–H and O–H groups in total. The van der Waals surface area contributed by atoms with Gasteiger partial charge in [0.25, 0.3) is 5.91 Å². The average molecular weight is 727 g/mol. The first-order chi connectivity index (χ1) is 24.3. The van der Waals surface area contributed by atoms with Crippen LogP contribution in [0.4, 0.5) is 4.79 Å². The van der Waals surface area contributed by atoms with Crippen LogP contribution >= 0.6 is 0 Å². The van der Waals surface area contributed by atoms with Gasteiger partial charge >= 0.3 is 6.03 Å². The minimum absolute atomic E-state index is 0.0109. The topological polar surface area (TPSA) is 174 Å². The number of likely N-dealkylation sites (tertiary alicyclic amines) is 1. The molecule has 13 nitrogen and oxygen atoms in total. The number of nitrogens with zero attached hydrogens (tertiary/aromatic N) is 2. The minimum Gasteiger partial charge on any atom is -0.347 e. The van der Waals surface area contributed by atoms with Crippen molar-refractivity contribution in [3.63, 3.8) is 0 Å². The van der Waals surface area contributed by atoms with Gasteiger partial charge < -0.3 is 26.2 Å². The summed E-state index contributed by atoms with van der Waals surface area (Å²) in [6.45, 7) is 14.1. The number of imide groups is 1. The third kappa shape index (κ3) is 9.34. The molecule has 5 aliphatic rings. The largest absolute Gasteiger partial charge is 0.347 e. The number of amides is 7. The van der Waals surface area contributed by atoms with Gasteiger partial charge in [-0.05, 0) is 53.8 Å². The fraction of sp³-hybridized carbons (Fsp3) is 0.821. The second kappa shape index (κ2) is 15.5. The SMILES string of the molecule is CC1(C)CC(=O)N(C[C@@H](NC(=O)N[C@@H]2CCCCCCCCC[C@@H](C(=O)C(=O)NC3CC3)NC(=O)[C@@H]3[C@@H]4[C@H](CN3C2=O)C4(C)C)C(C)(C)C)C(=O)C1. The highest BCUT2D eigenvalue weighted by molar-refractivity contribution is 6.38. The third-order valence-electron chi connectivity index (χ3n) is 12.2. The summed E-state index contributed by atoms with van der Waals surface area (Å²) in [6, 6.07) is -3.88. The van der Waals surface area contributed by atoms with Gasteiger partial charge in [-0.3, -0.25) is 33.7 Å². The molecule has 3 saturated heterocycles. The van der Waals surface area contributed by atoms with E-state index in [1.165, 1.54) is 4.90 Å². The predicted octanol–water partition coefficient (Wildman–Crippen LogP) is 3.58. The maximum absolute atomic E-state index is 14.5. The number of urea groups is 1. The molecule has 7 amide bonds. The van der Waals surface area contributed by atoms with E-state index in [0.717, 1.165) is 44.9 Å². The molecule has 0 spiro atoms. The van der Waals surface area contributed by atoms with Crippen LogP contribution in [0.3, 0.4) is 0 Å². The molecule has 290 valence electrons. The number of hydrogen-bond acceptors (Lipinski definition) is 7. The maximum Gasteiger partial charge on any atom is 0.315 e. The fourth-order valence-electron chi connectivity index (χ4n) is 8.51. The van der Waals surface area contributed by atoms with Gasteiger partial charge in [-0.25, -0.2) is 4.79 Å². The fourth-order valence-corrected chi connectivity index (χ4v) is 8.51. The minimum atomic E-state index is -0.976. The van der Waals surface area contributed by atoms with Gasteiger partial charge in [-0.15, -0.1) is 0 Å². The quantitative estimate of drug-likeness (QED) is 0.229. The Balaban J connectivity index is 1.33. The number of fused-ring (bicyclic) bond motifs is 3. The number of hydrogen-bond donors (Lipinski definition) is 4. The lowest BCUT2D eigenvalue weighted by Crippen LogP contribution is -2.61. The normalized spacial score (nSPS) is 30.4. The molecule has 2 saturated carbocycles. The molecular formula is C39H62N6O7. The van der Waals surface area contributed by atoms with Crippen LogP contribution in [0.15, 0.2) is 0 Å². The van der Waals surface area contributed by atoms with E-state index in [1.54, 1.807) is 4.90 Å². The van der Waals surface area contributed by atoms with Crippen LogP contribution in [0.25, 0.3) is 0 Å². The lowest BCUT2D eigenvalue weighted by atomic mass is 9.80. The lowest BCUT2D eigenvalue weighted by molar-refractivity contribution is -0.153. The number of Topliss-reactive ketones (excluding diaryl/α,β-unsaturated/α-hetero) is 1. The van der Waals surface area contributed by atoms with Crippen LogP contribution in [0.2, 0.25) is 0 Å². The summed E-state index contributed by atoms with van der Waals surface area (Å²) in [7, 11) is 0. The van der Waals surface area contributed by atoms with Crippen molar-refractivity contribution in [2.24, 2.45) is 28.1 Å². The van der Waals surface area contributed by atoms with Crippen LogP contribution in [0.1, 0.15) is 132 Å². The Hall–Kier alpha value is -3.51. The van der Waals surface area contributed by atoms with Crippen molar-refractivity contribution in [3.05, 3.63) is 0 Å². The van der Waals surface area contributed by atoms with Crippen molar-refractivity contribution in [1.82, 2.24) is 31.1 Å². The monoisotopic (exact) mass is 726 g/mol. The molecule has 3 heterocycles. The maximum atomic E-state index is 14.5. The summed E-state index contributed by atoms with van der Waals surface area (Å²) in [5.74, 6) is -2.67. The average Bonchev–Trinajstić information content (AvgIpc) is 3.89. The first-order valence-electron chi connectivity index (χ1n) is 19.7. The molecule has 13 heteroatoms. The number of ketones is 1. The summed E-state index contributed by atoms with van der Waals surface area (Å²) in [6.07, 6.45) is 8.95. The van der Waals surface area contributed by atoms with Crippen molar-refractivity contribution in [2.45, 2.75) is 162 Å². The molecule has 3 aliphatic heterocycles. The van der Waals surface area contributed by atoms with Gasteiger partial charge in [-0.2, -0.15) is 0 Å². The number of carbonyl (C=O) groups is 7. The Morgan fingerprint density at radius 2 is 1.40 bits per heavy atom. The Bertz CT molecular complexity index is 1410. The highest BCUT2D eigenvalue weighted by Crippen LogP contribution is 2.65. The van der Waals surface area contributed by atoms with E-state index in [9.17, 15) is 33.6 Å². The molecule has 5 rings (SSSR count). The summed E-state index contributed by atoms with van der Waals surface area (Å²) in [5, 5.41) is 11.6. The predicted molar refractivity (Wildman–Crippen MR) is 194 cm³/mol. The second-order valence-corrected chi connectivity index (χ2v) is 18.6. The van der Waals surface area contributed by atoms with Gasteiger partial charge in [0.05, 0.1) is 12.1 Å². The van der Waals surface area contributed by atoms with Gasteiger partial charge in [0.2, 0.25) is 29.4 Å². The zero-order valence-corrected chi connectivity index (χ0v) is 32.4. The van der Waals surface area contributed by atoms with E-state index in [1.807, 2.05) is 34.6 Å². The van der Waals surface area contributed by atoms with E-state index >= 15 is 0 Å². The summed E-state index contributed by atoms with van der Waals surface area (Å²) < 4.78 is 0. The number of nitrogens with one attached hydrogen (secondary N) is 4. The molecule has 0 unspecified atom stereocenters. The molecule has 6 atom stereocenters. The molecule has 0 aromatic carbocycles. The molecular weight excluding hydrogens is 664 g/mol. The molecule has 0 radical (unpaired) electrons. The molecule has 0 bridgehead atoms. The van der Waals surface area contributed by atoms with E-state index in [-0.39, 0.29) is 60.4 Å². The number of rotatable bonds is 7. The Kier molecular flexibility index (Phi) is 11.8. The van der Waals surface area contributed by atoms with Gasteiger partial charge in [0, 0.05) is 32.0 Å². The third-order valence-corrected chi connectivity index (χ3v) is 12.2. The number of piperidine rings is 2. The molecule has 0 aromatic rings. The highest BCUT2D eigenvalue weighted by Gasteiger charge is 2.69. The van der Waals surface area contributed by atoms with Crippen LogP contribution in [-0.4, -0.2) is 94.4 Å². The van der Waals surface area contributed by atoms with Crippen LogP contribution in [-0.2, 0) is 28.8 Å². The first-order valence-corrected chi connectivity index (χ1v) is 19.7. The van der Waals surface area contributed by atoms with E-state index in [4.69, 9.17) is 0 Å². The van der Waals surface area contributed by atoms with E-state index in [2.05, 4.69) is 35.1 Å². The van der Waals surface area contributed by atoms with Gasteiger partial charge in [0.1, 0.15) is 12.1 Å². The van der Waals surface area contributed by atoms with Gasteiger partial charge in [-0.1, -0.05) is 93.4 Å². The van der Waals surface area contributed by atoms with Crippen molar-refractivity contribution in [1.29, 1.82) is 0 Å². The summed E-state index contributed by atoms with van der Waals surface area (Å²) in [4.78, 5) is 97.3. The zero-order valence-electron chi connectivity index (χ0n) is 32.4. The van der Waals surface area contributed by atoms with Crippen LogP contribution in [0.5, 0.6) is 0 Å². The van der Waals surface area contributed by atoms with Crippen molar-refractivity contribution < 1.29 is 33.6 Å².